The predicted molar refractivity (Wildman–Crippen MR) is 72.0 cm³/mol. The lowest BCUT2D eigenvalue weighted by Crippen LogP contribution is -2.29. The Labute approximate surface area is 113 Å². The van der Waals surface area contributed by atoms with E-state index in [0.717, 1.165) is 19.3 Å². The molecule has 4 nitrogen and oxygen atoms in total. The molecule has 0 aliphatic carbocycles. The monoisotopic (exact) mass is 272 g/mol. The number of amides is 1. The minimum atomic E-state index is -0.191. The lowest BCUT2D eigenvalue weighted by atomic mass is 10.0. The molecule has 0 bridgehead atoms. The summed E-state index contributed by atoms with van der Waals surface area (Å²) < 4.78 is 5.28. The highest BCUT2D eigenvalue weighted by Gasteiger charge is 2.17. The molecule has 0 aliphatic heterocycles. The number of hydrogen-bond donors (Lipinski definition) is 1. The van der Waals surface area contributed by atoms with Crippen molar-refractivity contribution in [3.63, 3.8) is 0 Å². The molecule has 0 aliphatic rings. The first kappa shape index (κ1) is 15.0. The maximum absolute atomic E-state index is 11.9. The van der Waals surface area contributed by atoms with Crippen LogP contribution in [0.25, 0.3) is 0 Å². The van der Waals surface area contributed by atoms with Crippen LogP contribution in [0, 0.1) is 19.8 Å². The molecule has 1 amide bonds. The van der Waals surface area contributed by atoms with E-state index in [0.29, 0.717) is 35.7 Å². The zero-order valence-electron chi connectivity index (χ0n) is 11.3. The van der Waals surface area contributed by atoms with E-state index in [4.69, 9.17) is 16.0 Å². The van der Waals surface area contributed by atoms with Gasteiger partial charge in [-0.05, 0) is 25.7 Å². The quantitative estimate of drug-likeness (QED) is 0.776. The van der Waals surface area contributed by atoms with Crippen molar-refractivity contribution in [1.82, 2.24) is 10.3 Å². The molecular formula is C13H21ClN2O2. The summed E-state index contributed by atoms with van der Waals surface area (Å²) in [5.74, 6) is 1.70. The molecule has 18 heavy (non-hydrogen) atoms. The minimum absolute atomic E-state index is 0.191. The van der Waals surface area contributed by atoms with Gasteiger partial charge < -0.3 is 9.73 Å². The van der Waals surface area contributed by atoms with E-state index in [2.05, 4.69) is 17.2 Å². The van der Waals surface area contributed by atoms with Gasteiger partial charge in [0.05, 0.1) is 5.69 Å². The second-order valence-corrected chi connectivity index (χ2v) is 4.87. The van der Waals surface area contributed by atoms with Crippen LogP contribution in [0.4, 0.5) is 0 Å². The van der Waals surface area contributed by atoms with Crippen molar-refractivity contribution in [1.29, 1.82) is 0 Å². The van der Waals surface area contributed by atoms with Crippen molar-refractivity contribution in [2.45, 2.75) is 40.0 Å². The standard InChI is InChI=1S/C13H21ClN2O2/c1-4-5-11(6-7-14)8-15-13(17)12-9(2)16-10(3)18-12/h11H,4-8H2,1-3H3,(H,15,17). The second kappa shape index (κ2) is 7.41. The Hall–Kier alpha value is -1.03. The fourth-order valence-corrected chi connectivity index (χ4v) is 2.28. The van der Waals surface area contributed by atoms with Gasteiger partial charge in [0.25, 0.3) is 5.91 Å². The highest BCUT2D eigenvalue weighted by molar-refractivity contribution is 6.17. The summed E-state index contributed by atoms with van der Waals surface area (Å²) in [6, 6.07) is 0. The van der Waals surface area contributed by atoms with Gasteiger partial charge >= 0.3 is 0 Å². The van der Waals surface area contributed by atoms with Crippen molar-refractivity contribution >= 4 is 17.5 Å². The minimum Gasteiger partial charge on any atom is -0.436 e. The molecule has 1 N–H and O–H groups in total. The number of halogens is 1. The van der Waals surface area contributed by atoms with Gasteiger partial charge in [-0.1, -0.05) is 13.3 Å². The van der Waals surface area contributed by atoms with Crippen LogP contribution in [0.5, 0.6) is 0 Å². The molecule has 0 saturated carbocycles. The molecular weight excluding hydrogens is 252 g/mol. The summed E-state index contributed by atoms with van der Waals surface area (Å²) in [7, 11) is 0. The van der Waals surface area contributed by atoms with Gasteiger partial charge in [0.1, 0.15) is 0 Å². The van der Waals surface area contributed by atoms with Gasteiger partial charge in [0, 0.05) is 19.3 Å². The Bertz CT molecular complexity index is 384. The SMILES string of the molecule is CCCC(CCCl)CNC(=O)c1oc(C)nc1C. The van der Waals surface area contributed by atoms with Crippen molar-refractivity contribution < 1.29 is 9.21 Å². The van der Waals surface area contributed by atoms with Crippen LogP contribution >= 0.6 is 11.6 Å². The van der Waals surface area contributed by atoms with E-state index in [1.807, 2.05) is 0 Å². The fourth-order valence-electron chi connectivity index (χ4n) is 1.97. The number of rotatable bonds is 7. The molecule has 1 aromatic heterocycles. The zero-order chi connectivity index (χ0) is 13.5. The highest BCUT2D eigenvalue weighted by Crippen LogP contribution is 2.13. The van der Waals surface area contributed by atoms with Gasteiger partial charge in [0.2, 0.25) is 5.76 Å². The first-order valence-corrected chi connectivity index (χ1v) is 6.90. The summed E-state index contributed by atoms with van der Waals surface area (Å²) >= 11 is 5.75. The topological polar surface area (TPSA) is 55.1 Å². The van der Waals surface area contributed by atoms with Gasteiger partial charge in [-0.2, -0.15) is 0 Å². The number of nitrogens with zero attached hydrogens (tertiary/aromatic N) is 1. The van der Waals surface area contributed by atoms with Gasteiger partial charge in [-0.3, -0.25) is 4.79 Å². The zero-order valence-corrected chi connectivity index (χ0v) is 12.0. The van der Waals surface area contributed by atoms with Crippen molar-refractivity contribution in [3.8, 4) is 0 Å². The van der Waals surface area contributed by atoms with Crippen LogP contribution in [-0.4, -0.2) is 23.3 Å². The first-order chi connectivity index (χ1) is 8.58. The van der Waals surface area contributed by atoms with Gasteiger partial charge in [0.15, 0.2) is 5.89 Å². The van der Waals surface area contributed by atoms with Crippen LogP contribution in [0.15, 0.2) is 4.42 Å². The number of oxazole rings is 1. The summed E-state index contributed by atoms with van der Waals surface area (Å²) in [6.45, 7) is 6.27. The first-order valence-electron chi connectivity index (χ1n) is 6.36. The van der Waals surface area contributed by atoms with E-state index < -0.39 is 0 Å². The van der Waals surface area contributed by atoms with Crippen molar-refractivity contribution in [3.05, 3.63) is 17.3 Å². The molecule has 1 atom stereocenters. The third-order valence-corrected chi connectivity index (χ3v) is 3.09. The number of alkyl halides is 1. The molecule has 1 unspecified atom stereocenters. The van der Waals surface area contributed by atoms with Gasteiger partial charge in [-0.15, -0.1) is 11.6 Å². The largest absolute Gasteiger partial charge is 0.436 e. The molecule has 0 radical (unpaired) electrons. The summed E-state index contributed by atoms with van der Waals surface area (Å²) in [6.07, 6.45) is 3.09. The molecule has 0 aromatic carbocycles. The Morgan fingerprint density at radius 3 is 2.67 bits per heavy atom. The Kier molecular flexibility index (Phi) is 6.19. The highest BCUT2D eigenvalue weighted by atomic mass is 35.5. The van der Waals surface area contributed by atoms with E-state index in [9.17, 15) is 4.79 Å². The van der Waals surface area contributed by atoms with E-state index >= 15 is 0 Å². The van der Waals surface area contributed by atoms with E-state index in [1.165, 1.54) is 0 Å². The third kappa shape index (κ3) is 4.33. The maximum Gasteiger partial charge on any atom is 0.289 e. The lowest BCUT2D eigenvalue weighted by molar-refractivity contribution is 0.0916. The fraction of sp³-hybridized carbons (Fsp3) is 0.692. The number of aromatic nitrogens is 1. The number of nitrogens with one attached hydrogen (secondary N) is 1. The van der Waals surface area contributed by atoms with Crippen LogP contribution in [-0.2, 0) is 0 Å². The summed E-state index contributed by atoms with van der Waals surface area (Å²) in [5, 5.41) is 2.89. The summed E-state index contributed by atoms with van der Waals surface area (Å²) in [4.78, 5) is 16.0. The lowest BCUT2D eigenvalue weighted by Gasteiger charge is -2.14. The molecule has 1 aromatic rings. The van der Waals surface area contributed by atoms with Crippen LogP contribution in [0.1, 0.15) is 48.3 Å². The number of hydrogen-bond acceptors (Lipinski definition) is 3. The van der Waals surface area contributed by atoms with Crippen molar-refractivity contribution in [2.75, 3.05) is 12.4 Å². The number of aryl methyl sites for hydroxylation is 2. The smallest absolute Gasteiger partial charge is 0.289 e. The average Bonchev–Trinajstić information content (AvgIpc) is 2.65. The van der Waals surface area contributed by atoms with Gasteiger partial charge in [-0.25, -0.2) is 4.98 Å². The third-order valence-electron chi connectivity index (χ3n) is 2.88. The molecule has 0 fully saturated rings. The number of carbonyl (C=O) groups is 1. The average molecular weight is 273 g/mol. The van der Waals surface area contributed by atoms with Crippen LogP contribution in [0.2, 0.25) is 0 Å². The van der Waals surface area contributed by atoms with Crippen molar-refractivity contribution in [2.24, 2.45) is 5.92 Å². The molecule has 0 saturated heterocycles. The molecule has 5 heteroatoms. The second-order valence-electron chi connectivity index (χ2n) is 4.49. The number of carbonyl (C=O) groups excluding carboxylic acids is 1. The molecule has 0 spiro atoms. The molecule has 1 rings (SSSR count). The predicted octanol–water partition coefficient (Wildman–Crippen LogP) is 3.07. The normalized spacial score (nSPS) is 12.4. The van der Waals surface area contributed by atoms with E-state index in [-0.39, 0.29) is 5.91 Å². The Morgan fingerprint density at radius 2 is 2.17 bits per heavy atom. The molecule has 102 valence electrons. The van der Waals surface area contributed by atoms with Crippen LogP contribution in [0.3, 0.4) is 0 Å². The molecule has 1 heterocycles. The maximum atomic E-state index is 11.9. The Balaban J connectivity index is 2.51. The van der Waals surface area contributed by atoms with E-state index in [1.54, 1.807) is 13.8 Å². The summed E-state index contributed by atoms with van der Waals surface area (Å²) in [5.41, 5.74) is 0.634. The van der Waals surface area contributed by atoms with Crippen LogP contribution < -0.4 is 5.32 Å². The Morgan fingerprint density at radius 1 is 1.44 bits per heavy atom.